The molecule has 116 valence electrons. The second-order valence-corrected chi connectivity index (χ2v) is 5.20. The molecule has 0 aliphatic carbocycles. The van der Waals surface area contributed by atoms with Crippen molar-refractivity contribution < 1.29 is 19.4 Å². The van der Waals surface area contributed by atoms with Crippen LogP contribution in [0.2, 0.25) is 0 Å². The van der Waals surface area contributed by atoms with E-state index in [-0.39, 0.29) is 18.5 Å². The lowest BCUT2D eigenvalue weighted by atomic mass is 10.0. The maximum absolute atomic E-state index is 12.7. The number of nitrogens with zero attached hydrogens (tertiary/aromatic N) is 3. The fourth-order valence-electron chi connectivity index (χ4n) is 2.65. The number of carboxylic acids is 1. The van der Waals surface area contributed by atoms with Crippen molar-refractivity contribution >= 4 is 22.9 Å². The maximum Gasteiger partial charge on any atom is 0.323 e. The summed E-state index contributed by atoms with van der Waals surface area (Å²) in [7, 11) is 0. The van der Waals surface area contributed by atoms with Gasteiger partial charge in [-0.15, -0.1) is 0 Å². The highest BCUT2D eigenvalue weighted by molar-refractivity contribution is 5.98. The lowest BCUT2D eigenvalue weighted by Crippen LogP contribution is -2.46. The van der Waals surface area contributed by atoms with E-state index in [1.54, 1.807) is 18.2 Å². The number of nitrogens with one attached hydrogen (secondary N) is 1. The molecule has 1 fully saturated rings. The number of carbonyl (C=O) groups is 2. The molecule has 1 aliphatic heterocycles. The van der Waals surface area contributed by atoms with Gasteiger partial charge in [0.1, 0.15) is 17.6 Å². The maximum atomic E-state index is 12.7. The normalized spacial score (nSPS) is 15.8. The monoisotopic (exact) mass is 304 g/mol. The molecule has 0 saturated carbocycles. The van der Waals surface area contributed by atoms with Crippen LogP contribution >= 0.6 is 0 Å². The average Bonchev–Trinajstić information content (AvgIpc) is 3.00. The quantitative estimate of drug-likeness (QED) is 0.859. The molecule has 0 atom stereocenters. The van der Waals surface area contributed by atoms with Crippen LogP contribution in [-0.2, 0) is 9.53 Å². The summed E-state index contributed by atoms with van der Waals surface area (Å²) in [6, 6.07) is 4.83. The van der Waals surface area contributed by atoms with Crippen LogP contribution in [-0.4, -0.2) is 63.1 Å². The summed E-state index contributed by atoms with van der Waals surface area (Å²) in [4.78, 5) is 25.2. The number of ether oxygens (including phenoxy) is 1. The minimum Gasteiger partial charge on any atom is -0.480 e. The van der Waals surface area contributed by atoms with Crippen molar-refractivity contribution in [3.05, 3.63) is 23.8 Å². The van der Waals surface area contributed by atoms with Gasteiger partial charge in [0.25, 0.3) is 5.91 Å². The number of hydrogen-bond acceptors (Lipinski definition) is 5. The summed E-state index contributed by atoms with van der Waals surface area (Å²) in [5, 5.41) is 19.5. The second-order valence-electron chi connectivity index (χ2n) is 5.20. The molecule has 1 amide bonds. The number of amides is 1. The van der Waals surface area contributed by atoms with E-state index >= 15 is 0 Å². The lowest BCUT2D eigenvalue weighted by molar-refractivity contribution is -0.138. The van der Waals surface area contributed by atoms with Gasteiger partial charge in [0.2, 0.25) is 0 Å². The van der Waals surface area contributed by atoms with Crippen molar-refractivity contribution in [1.82, 2.24) is 20.3 Å². The molecule has 0 radical (unpaired) electrons. The number of aromatic amines is 1. The molecule has 0 bridgehead atoms. The number of rotatable bonds is 4. The smallest absolute Gasteiger partial charge is 0.323 e. The Morgan fingerprint density at radius 1 is 1.27 bits per heavy atom. The molecule has 2 heterocycles. The molecule has 3 rings (SSSR count). The Kier molecular flexibility index (Phi) is 4.01. The molecular formula is C14H16N4O4. The molecule has 0 unspecified atom stereocenters. The number of hydrogen-bond donors (Lipinski definition) is 2. The fraction of sp³-hybridized carbons (Fsp3) is 0.429. The molecule has 0 spiro atoms. The predicted molar refractivity (Wildman–Crippen MR) is 76.4 cm³/mol. The molecule has 1 aromatic carbocycles. The van der Waals surface area contributed by atoms with Crippen LogP contribution in [0.4, 0.5) is 0 Å². The number of fused-ring (bicyclic) bond motifs is 1. The molecule has 8 heteroatoms. The zero-order valence-corrected chi connectivity index (χ0v) is 11.9. The van der Waals surface area contributed by atoms with E-state index in [4.69, 9.17) is 9.84 Å². The first-order valence-corrected chi connectivity index (χ1v) is 7.06. The van der Waals surface area contributed by atoms with Crippen molar-refractivity contribution in [3.8, 4) is 0 Å². The van der Waals surface area contributed by atoms with Crippen molar-refractivity contribution in [2.45, 2.75) is 18.9 Å². The van der Waals surface area contributed by atoms with Crippen LogP contribution in [0.3, 0.4) is 0 Å². The third-order valence-electron chi connectivity index (χ3n) is 3.76. The summed E-state index contributed by atoms with van der Waals surface area (Å²) in [5.74, 6) is -1.33. The Morgan fingerprint density at radius 2 is 2.00 bits per heavy atom. The van der Waals surface area contributed by atoms with Crippen LogP contribution in [0.25, 0.3) is 11.0 Å². The van der Waals surface area contributed by atoms with Crippen molar-refractivity contribution in [3.63, 3.8) is 0 Å². The third-order valence-corrected chi connectivity index (χ3v) is 3.76. The van der Waals surface area contributed by atoms with Crippen LogP contribution in [0.5, 0.6) is 0 Å². The highest BCUT2D eigenvalue weighted by atomic mass is 16.5. The Labute approximate surface area is 126 Å². The van der Waals surface area contributed by atoms with Gasteiger partial charge in [-0.05, 0) is 31.0 Å². The van der Waals surface area contributed by atoms with Crippen LogP contribution < -0.4 is 0 Å². The first-order chi connectivity index (χ1) is 10.6. The van der Waals surface area contributed by atoms with Gasteiger partial charge < -0.3 is 14.7 Å². The molecule has 22 heavy (non-hydrogen) atoms. The van der Waals surface area contributed by atoms with Gasteiger partial charge in [0.15, 0.2) is 0 Å². The zero-order valence-electron chi connectivity index (χ0n) is 11.9. The Hall–Kier alpha value is -2.48. The van der Waals surface area contributed by atoms with Gasteiger partial charge in [-0.3, -0.25) is 9.59 Å². The van der Waals surface area contributed by atoms with Crippen LogP contribution in [0, 0.1) is 0 Å². The molecule has 8 nitrogen and oxygen atoms in total. The summed E-state index contributed by atoms with van der Waals surface area (Å²) >= 11 is 0. The standard InChI is InChI=1S/C14H16N4O4/c19-13(20)8-18(10-3-5-22-6-4-10)14(21)9-1-2-11-12(7-9)16-17-15-11/h1-2,7,10H,3-6,8H2,(H,19,20)(H,15,16,17). The van der Waals surface area contributed by atoms with Gasteiger partial charge in [-0.25, -0.2) is 0 Å². The minimum absolute atomic E-state index is 0.120. The van der Waals surface area contributed by atoms with Gasteiger partial charge in [-0.1, -0.05) is 0 Å². The average molecular weight is 304 g/mol. The van der Waals surface area contributed by atoms with Gasteiger partial charge in [0, 0.05) is 24.8 Å². The molecule has 1 aromatic heterocycles. The number of carbonyl (C=O) groups excluding carboxylic acids is 1. The van der Waals surface area contributed by atoms with Crippen molar-refractivity contribution in [2.24, 2.45) is 0 Å². The highest BCUT2D eigenvalue weighted by Crippen LogP contribution is 2.19. The molecule has 1 aliphatic rings. The zero-order chi connectivity index (χ0) is 15.5. The minimum atomic E-state index is -1.03. The van der Waals surface area contributed by atoms with E-state index in [1.165, 1.54) is 4.90 Å². The first-order valence-electron chi connectivity index (χ1n) is 7.06. The van der Waals surface area contributed by atoms with Gasteiger partial charge in [0.05, 0.1) is 0 Å². The Bertz CT molecular complexity index is 693. The number of carboxylic acid groups (broad SMARTS) is 1. The number of H-pyrrole nitrogens is 1. The van der Waals surface area contributed by atoms with E-state index in [2.05, 4.69) is 15.4 Å². The van der Waals surface area contributed by atoms with E-state index in [9.17, 15) is 9.59 Å². The first kappa shape index (κ1) is 14.5. The fourth-order valence-corrected chi connectivity index (χ4v) is 2.65. The summed E-state index contributed by atoms with van der Waals surface area (Å²) in [6.07, 6.45) is 1.29. The van der Waals surface area contributed by atoms with Gasteiger partial charge >= 0.3 is 5.97 Å². The summed E-state index contributed by atoms with van der Waals surface area (Å²) in [5.41, 5.74) is 1.65. The highest BCUT2D eigenvalue weighted by Gasteiger charge is 2.28. The molecule has 1 saturated heterocycles. The lowest BCUT2D eigenvalue weighted by Gasteiger charge is -2.33. The molecular weight excluding hydrogens is 288 g/mol. The Morgan fingerprint density at radius 3 is 2.73 bits per heavy atom. The van der Waals surface area contributed by atoms with Gasteiger partial charge in [-0.2, -0.15) is 15.4 Å². The Balaban J connectivity index is 1.87. The topological polar surface area (TPSA) is 108 Å². The molecule has 2 aromatic rings. The number of aromatic nitrogens is 3. The SMILES string of the molecule is O=C(O)CN(C(=O)c1ccc2n[nH]nc2c1)C1CCOCC1. The van der Waals surface area contributed by atoms with E-state index in [0.29, 0.717) is 42.7 Å². The molecule has 2 N–H and O–H groups in total. The summed E-state index contributed by atoms with van der Waals surface area (Å²) in [6.45, 7) is 0.757. The van der Waals surface area contributed by atoms with E-state index < -0.39 is 5.97 Å². The van der Waals surface area contributed by atoms with Crippen molar-refractivity contribution in [1.29, 1.82) is 0 Å². The van der Waals surface area contributed by atoms with Crippen molar-refractivity contribution in [2.75, 3.05) is 19.8 Å². The predicted octanol–water partition coefficient (Wildman–Crippen LogP) is 0.664. The number of aliphatic carboxylic acids is 1. The van der Waals surface area contributed by atoms with Crippen LogP contribution in [0.1, 0.15) is 23.2 Å². The second kappa shape index (κ2) is 6.10. The van der Waals surface area contributed by atoms with E-state index in [1.807, 2.05) is 0 Å². The van der Waals surface area contributed by atoms with Crippen LogP contribution in [0.15, 0.2) is 18.2 Å². The van der Waals surface area contributed by atoms with E-state index in [0.717, 1.165) is 0 Å². The summed E-state index contributed by atoms with van der Waals surface area (Å²) < 4.78 is 5.28. The third kappa shape index (κ3) is 2.91. The largest absolute Gasteiger partial charge is 0.480 e. The number of benzene rings is 1.